The first-order chi connectivity index (χ1) is 9.10. The van der Waals surface area contributed by atoms with Gasteiger partial charge in [-0.1, -0.05) is 19.3 Å². The van der Waals surface area contributed by atoms with E-state index in [0.29, 0.717) is 11.6 Å². The van der Waals surface area contributed by atoms with Crippen molar-refractivity contribution in [3.63, 3.8) is 0 Å². The molecule has 1 aliphatic heterocycles. The molecule has 0 radical (unpaired) electrons. The minimum absolute atomic E-state index is 0.398. The molecule has 3 fully saturated rings. The highest BCUT2D eigenvalue weighted by Gasteiger charge is 2.47. The summed E-state index contributed by atoms with van der Waals surface area (Å²) in [6, 6.07) is 1.50. The van der Waals surface area contributed by atoms with E-state index in [4.69, 9.17) is 0 Å². The molecule has 1 N–H and O–H groups in total. The Morgan fingerprint density at radius 1 is 1.05 bits per heavy atom. The van der Waals surface area contributed by atoms with Crippen molar-refractivity contribution < 1.29 is 0 Å². The van der Waals surface area contributed by atoms with E-state index in [1.165, 1.54) is 58.0 Å². The van der Waals surface area contributed by atoms with Gasteiger partial charge < -0.3 is 5.32 Å². The van der Waals surface area contributed by atoms with Crippen molar-refractivity contribution in [1.29, 1.82) is 0 Å². The molecule has 0 bridgehead atoms. The summed E-state index contributed by atoms with van der Waals surface area (Å²) in [6.45, 7) is 9.77. The quantitative estimate of drug-likeness (QED) is 0.840. The maximum atomic E-state index is 3.95. The van der Waals surface area contributed by atoms with Gasteiger partial charge in [0.25, 0.3) is 0 Å². The lowest BCUT2D eigenvalue weighted by atomic mass is 9.79. The second-order valence-electron chi connectivity index (χ2n) is 7.80. The monoisotopic (exact) mass is 264 g/mol. The first-order valence-electron chi connectivity index (χ1n) is 8.61. The molecular formula is C17H32N2. The molecule has 3 rings (SSSR count). The van der Waals surface area contributed by atoms with Crippen LogP contribution in [-0.4, -0.2) is 35.6 Å². The van der Waals surface area contributed by atoms with Gasteiger partial charge in [-0.15, -0.1) is 0 Å². The fourth-order valence-corrected chi connectivity index (χ4v) is 4.52. The van der Waals surface area contributed by atoms with E-state index < -0.39 is 0 Å². The topological polar surface area (TPSA) is 15.3 Å². The van der Waals surface area contributed by atoms with E-state index in [9.17, 15) is 0 Å². The molecule has 19 heavy (non-hydrogen) atoms. The predicted octanol–water partition coefficient (Wildman–Crippen LogP) is 3.42. The average molecular weight is 264 g/mol. The number of hydrogen-bond donors (Lipinski definition) is 1. The van der Waals surface area contributed by atoms with Gasteiger partial charge in [0.1, 0.15) is 0 Å². The van der Waals surface area contributed by atoms with Gasteiger partial charge in [0.2, 0.25) is 0 Å². The Kier molecular flexibility index (Phi) is 3.92. The van der Waals surface area contributed by atoms with Gasteiger partial charge in [0.15, 0.2) is 0 Å². The highest BCUT2D eigenvalue weighted by atomic mass is 15.3. The van der Waals surface area contributed by atoms with E-state index in [0.717, 1.165) is 17.9 Å². The van der Waals surface area contributed by atoms with Crippen molar-refractivity contribution in [2.45, 2.75) is 83.3 Å². The fourth-order valence-electron chi connectivity index (χ4n) is 4.52. The normalized spacial score (nSPS) is 38.8. The van der Waals surface area contributed by atoms with Crippen LogP contribution in [0.5, 0.6) is 0 Å². The van der Waals surface area contributed by atoms with E-state index >= 15 is 0 Å². The third-order valence-corrected chi connectivity index (χ3v) is 5.99. The Hall–Kier alpha value is -0.0800. The van der Waals surface area contributed by atoms with Crippen LogP contribution >= 0.6 is 0 Å². The van der Waals surface area contributed by atoms with Crippen molar-refractivity contribution in [1.82, 2.24) is 10.2 Å². The van der Waals surface area contributed by atoms with Gasteiger partial charge in [-0.3, -0.25) is 4.90 Å². The third kappa shape index (κ3) is 2.85. The van der Waals surface area contributed by atoms with E-state index in [2.05, 4.69) is 31.0 Å². The van der Waals surface area contributed by atoms with Crippen LogP contribution in [0, 0.1) is 11.8 Å². The fraction of sp³-hybridized carbons (Fsp3) is 1.00. The predicted molar refractivity (Wildman–Crippen MR) is 81.3 cm³/mol. The van der Waals surface area contributed by atoms with Gasteiger partial charge in [-0.2, -0.15) is 0 Å². The molecule has 0 aromatic heterocycles. The molecule has 0 aromatic carbocycles. The van der Waals surface area contributed by atoms with Crippen molar-refractivity contribution in [3.05, 3.63) is 0 Å². The van der Waals surface area contributed by atoms with Crippen LogP contribution in [0.2, 0.25) is 0 Å². The van der Waals surface area contributed by atoms with E-state index in [-0.39, 0.29) is 0 Å². The van der Waals surface area contributed by atoms with E-state index in [1.807, 2.05) is 0 Å². The number of hydrogen-bond acceptors (Lipinski definition) is 2. The highest BCUT2D eigenvalue weighted by molar-refractivity contribution is 5.05. The largest absolute Gasteiger partial charge is 0.308 e. The van der Waals surface area contributed by atoms with Gasteiger partial charge >= 0.3 is 0 Å². The summed E-state index contributed by atoms with van der Waals surface area (Å²) in [5.74, 6) is 1.90. The molecule has 2 heteroatoms. The standard InChI is InChI=1S/C17H32N2/c1-13(2)19-12-17(3,15-9-10-15)18-11-16(19)14-7-5-4-6-8-14/h13-16,18H,4-12H2,1-3H3. The zero-order chi connectivity index (χ0) is 13.5. The number of nitrogens with one attached hydrogen (secondary N) is 1. The SMILES string of the molecule is CC(C)N1CC(C)(C2CC2)NCC1C1CCCCC1. The van der Waals surface area contributed by atoms with Crippen LogP contribution in [0.3, 0.4) is 0 Å². The van der Waals surface area contributed by atoms with Gasteiger partial charge in [-0.05, 0) is 58.3 Å². The Morgan fingerprint density at radius 3 is 2.32 bits per heavy atom. The van der Waals surface area contributed by atoms with Crippen molar-refractivity contribution in [3.8, 4) is 0 Å². The zero-order valence-electron chi connectivity index (χ0n) is 13.1. The van der Waals surface area contributed by atoms with Gasteiger partial charge in [-0.25, -0.2) is 0 Å². The molecule has 0 aromatic rings. The lowest BCUT2D eigenvalue weighted by Crippen LogP contribution is -2.66. The summed E-state index contributed by atoms with van der Waals surface area (Å²) >= 11 is 0. The van der Waals surface area contributed by atoms with Crippen molar-refractivity contribution in [2.75, 3.05) is 13.1 Å². The van der Waals surface area contributed by atoms with Crippen LogP contribution < -0.4 is 5.32 Å². The summed E-state index contributed by atoms with van der Waals surface area (Å²) in [4.78, 5) is 2.84. The molecule has 3 aliphatic rings. The average Bonchev–Trinajstić information content (AvgIpc) is 3.24. The Labute approximate surface area is 119 Å². The van der Waals surface area contributed by atoms with Crippen molar-refractivity contribution in [2.24, 2.45) is 11.8 Å². The van der Waals surface area contributed by atoms with Crippen LogP contribution in [0.1, 0.15) is 65.7 Å². The summed E-state index contributed by atoms with van der Waals surface area (Å²) < 4.78 is 0. The minimum Gasteiger partial charge on any atom is -0.308 e. The molecule has 0 amide bonds. The van der Waals surface area contributed by atoms with Gasteiger partial charge in [0.05, 0.1) is 0 Å². The lowest BCUT2D eigenvalue weighted by Gasteiger charge is -2.51. The third-order valence-electron chi connectivity index (χ3n) is 5.99. The molecule has 0 spiro atoms. The van der Waals surface area contributed by atoms with Crippen LogP contribution in [0.25, 0.3) is 0 Å². The number of rotatable bonds is 3. The molecule has 2 atom stereocenters. The summed E-state index contributed by atoms with van der Waals surface area (Å²) in [6.07, 6.45) is 10.2. The van der Waals surface area contributed by atoms with Crippen LogP contribution in [0.4, 0.5) is 0 Å². The van der Waals surface area contributed by atoms with E-state index in [1.54, 1.807) is 0 Å². The molecule has 110 valence electrons. The summed E-state index contributed by atoms with van der Waals surface area (Å²) in [5, 5.41) is 3.95. The van der Waals surface area contributed by atoms with Gasteiger partial charge in [0, 0.05) is 30.7 Å². The lowest BCUT2D eigenvalue weighted by molar-refractivity contribution is 0.0128. The molecule has 1 heterocycles. The number of piperazine rings is 1. The zero-order valence-corrected chi connectivity index (χ0v) is 13.1. The second-order valence-corrected chi connectivity index (χ2v) is 7.80. The Bertz CT molecular complexity index is 304. The molecule has 1 saturated heterocycles. The summed E-state index contributed by atoms with van der Waals surface area (Å²) in [5.41, 5.74) is 0.398. The Morgan fingerprint density at radius 2 is 1.74 bits per heavy atom. The maximum absolute atomic E-state index is 3.95. The van der Waals surface area contributed by atoms with Crippen LogP contribution in [0.15, 0.2) is 0 Å². The molecule has 2 aliphatic carbocycles. The second kappa shape index (κ2) is 5.37. The molecule has 2 unspecified atom stereocenters. The first-order valence-corrected chi connectivity index (χ1v) is 8.61. The minimum atomic E-state index is 0.398. The smallest absolute Gasteiger partial charge is 0.0309 e. The highest BCUT2D eigenvalue weighted by Crippen LogP contribution is 2.43. The first kappa shape index (κ1) is 13.9. The Balaban J connectivity index is 1.70. The molecule has 2 saturated carbocycles. The summed E-state index contributed by atoms with van der Waals surface area (Å²) in [7, 11) is 0. The van der Waals surface area contributed by atoms with Crippen molar-refractivity contribution >= 4 is 0 Å². The molecule has 2 nitrogen and oxygen atoms in total. The van der Waals surface area contributed by atoms with Crippen LogP contribution in [-0.2, 0) is 0 Å². The number of nitrogens with zero attached hydrogens (tertiary/aromatic N) is 1. The maximum Gasteiger partial charge on any atom is 0.0309 e. The molecular weight excluding hydrogens is 232 g/mol.